The Bertz CT molecular complexity index is 771. The Morgan fingerprint density at radius 1 is 1.00 bits per heavy atom. The van der Waals surface area contributed by atoms with E-state index in [0.717, 1.165) is 4.90 Å². The molecule has 8 heteroatoms. The fourth-order valence-corrected chi connectivity index (χ4v) is 2.07. The van der Waals surface area contributed by atoms with Gasteiger partial charge in [0.1, 0.15) is 22.7 Å². The molecule has 0 atom stereocenters. The van der Waals surface area contributed by atoms with Crippen LogP contribution in [0.15, 0.2) is 12.3 Å². The summed E-state index contributed by atoms with van der Waals surface area (Å²) in [6.07, 6.45) is -0.0605. The fourth-order valence-electron chi connectivity index (χ4n) is 2.07. The van der Waals surface area contributed by atoms with E-state index in [0.29, 0.717) is 16.9 Å². The van der Waals surface area contributed by atoms with Crippen molar-refractivity contribution in [3.8, 4) is 0 Å². The van der Waals surface area contributed by atoms with E-state index in [1.165, 1.54) is 0 Å². The highest BCUT2D eigenvalue weighted by Crippen LogP contribution is 2.26. The number of nitrogens with zero attached hydrogens (tertiary/aromatic N) is 3. The van der Waals surface area contributed by atoms with E-state index in [2.05, 4.69) is 15.0 Å². The Morgan fingerprint density at radius 2 is 1.52 bits per heavy atom. The van der Waals surface area contributed by atoms with Crippen LogP contribution >= 0.6 is 0 Å². The zero-order chi connectivity index (χ0) is 19.0. The quantitative estimate of drug-likeness (QED) is 0.838. The van der Waals surface area contributed by atoms with Crippen molar-refractivity contribution in [1.82, 2.24) is 15.0 Å². The highest BCUT2D eigenvalue weighted by atomic mass is 16.6. The van der Waals surface area contributed by atoms with Crippen molar-refractivity contribution in [2.45, 2.75) is 59.7 Å². The topological polar surface area (TPSA) is 97.4 Å². The number of aromatic amines is 1. The van der Waals surface area contributed by atoms with Crippen molar-refractivity contribution in [2.75, 3.05) is 4.90 Å². The van der Waals surface area contributed by atoms with E-state index in [4.69, 9.17) is 9.47 Å². The van der Waals surface area contributed by atoms with Crippen molar-refractivity contribution < 1.29 is 19.1 Å². The standard InChI is InChI=1S/C17H24N4O4/c1-10-19-12-11(8-9-18-12)13(20-10)21(14(22)24-16(2,3)4)15(23)25-17(5,6)7/h8-9H,1-7H3,(H,18,19,20). The number of anilines is 1. The molecule has 2 rings (SSSR count). The molecule has 0 saturated carbocycles. The Labute approximate surface area is 146 Å². The molecule has 0 aromatic carbocycles. The molecular weight excluding hydrogens is 324 g/mol. The molecule has 2 heterocycles. The minimum atomic E-state index is -0.859. The van der Waals surface area contributed by atoms with Gasteiger partial charge in [0.2, 0.25) is 0 Å². The van der Waals surface area contributed by atoms with Crippen LogP contribution in [0.4, 0.5) is 15.4 Å². The molecule has 2 aromatic rings. The molecule has 136 valence electrons. The predicted molar refractivity (Wildman–Crippen MR) is 93.6 cm³/mol. The van der Waals surface area contributed by atoms with E-state index in [-0.39, 0.29) is 5.82 Å². The Kier molecular flexibility index (Phi) is 4.74. The van der Waals surface area contributed by atoms with Crippen molar-refractivity contribution in [2.24, 2.45) is 0 Å². The van der Waals surface area contributed by atoms with Gasteiger partial charge in [-0.2, -0.15) is 4.90 Å². The molecule has 0 unspecified atom stereocenters. The van der Waals surface area contributed by atoms with Gasteiger partial charge < -0.3 is 14.5 Å². The van der Waals surface area contributed by atoms with E-state index < -0.39 is 23.4 Å². The molecule has 0 bridgehead atoms. The molecule has 0 aliphatic heterocycles. The van der Waals surface area contributed by atoms with Gasteiger partial charge in [-0.3, -0.25) is 0 Å². The number of ether oxygens (including phenoxy) is 2. The lowest BCUT2D eigenvalue weighted by atomic mass is 10.2. The lowest BCUT2D eigenvalue weighted by Gasteiger charge is -2.28. The molecule has 0 aliphatic rings. The molecule has 2 aromatic heterocycles. The molecule has 8 nitrogen and oxygen atoms in total. The maximum absolute atomic E-state index is 12.7. The van der Waals surface area contributed by atoms with Crippen LogP contribution in [0.2, 0.25) is 0 Å². The third-order valence-electron chi connectivity index (χ3n) is 2.87. The van der Waals surface area contributed by atoms with Crippen LogP contribution in [0, 0.1) is 6.92 Å². The molecule has 0 radical (unpaired) electrons. The van der Waals surface area contributed by atoms with Gasteiger partial charge in [0.25, 0.3) is 0 Å². The number of carbonyl (C=O) groups is 2. The number of amides is 2. The maximum Gasteiger partial charge on any atom is 0.425 e. The molecule has 1 N–H and O–H groups in total. The van der Waals surface area contributed by atoms with Crippen LogP contribution in [-0.2, 0) is 9.47 Å². The zero-order valence-corrected chi connectivity index (χ0v) is 15.6. The van der Waals surface area contributed by atoms with E-state index in [9.17, 15) is 9.59 Å². The smallest absolute Gasteiger partial charge is 0.425 e. The second-order valence-electron chi connectivity index (χ2n) is 7.63. The van der Waals surface area contributed by atoms with Crippen LogP contribution in [0.1, 0.15) is 47.4 Å². The van der Waals surface area contributed by atoms with Gasteiger partial charge in [0, 0.05) is 6.20 Å². The average Bonchev–Trinajstić information content (AvgIpc) is 2.82. The Hall–Kier alpha value is -2.64. The zero-order valence-electron chi connectivity index (χ0n) is 15.6. The molecule has 2 amide bonds. The Morgan fingerprint density at radius 3 is 2.00 bits per heavy atom. The summed E-state index contributed by atoms with van der Waals surface area (Å²) in [5, 5.41) is 0.516. The maximum atomic E-state index is 12.7. The summed E-state index contributed by atoms with van der Waals surface area (Å²) in [6, 6.07) is 1.69. The van der Waals surface area contributed by atoms with Crippen molar-refractivity contribution in [3.63, 3.8) is 0 Å². The van der Waals surface area contributed by atoms with Gasteiger partial charge in [-0.25, -0.2) is 19.6 Å². The highest BCUT2D eigenvalue weighted by molar-refractivity contribution is 6.13. The number of imide groups is 1. The monoisotopic (exact) mass is 348 g/mol. The number of fused-ring (bicyclic) bond motifs is 1. The first-order valence-corrected chi connectivity index (χ1v) is 7.95. The van der Waals surface area contributed by atoms with E-state index in [1.807, 2.05) is 0 Å². The SMILES string of the molecule is Cc1nc(N(C(=O)OC(C)(C)C)C(=O)OC(C)(C)C)c2cc[nH]c2n1. The van der Waals surface area contributed by atoms with Crippen molar-refractivity contribution in [3.05, 3.63) is 18.1 Å². The summed E-state index contributed by atoms with van der Waals surface area (Å²) < 4.78 is 10.7. The number of rotatable bonds is 1. The summed E-state index contributed by atoms with van der Waals surface area (Å²) in [5.41, 5.74) is -1.05. The first-order valence-electron chi connectivity index (χ1n) is 7.95. The second-order valence-corrected chi connectivity index (χ2v) is 7.63. The lowest BCUT2D eigenvalue weighted by Crippen LogP contribution is -2.44. The first kappa shape index (κ1) is 18.7. The third-order valence-corrected chi connectivity index (χ3v) is 2.87. The normalized spacial score (nSPS) is 12.1. The van der Waals surface area contributed by atoms with Gasteiger partial charge >= 0.3 is 12.2 Å². The third kappa shape index (κ3) is 4.68. The number of aryl methyl sites for hydroxylation is 1. The number of H-pyrrole nitrogens is 1. The molecule has 0 spiro atoms. The highest BCUT2D eigenvalue weighted by Gasteiger charge is 2.35. The van der Waals surface area contributed by atoms with Crippen LogP contribution in [-0.4, -0.2) is 38.3 Å². The molecular formula is C17H24N4O4. The average molecular weight is 348 g/mol. The summed E-state index contributed by atoms with van der Waals surface area (Å²) in [4.78, 5) is 37.7. The summed E-state index contributed by atoms with van der Waals surface area (Å²) in [5.74, 6) is 0.523. The first-order chi connectivity index (χ1) is 11.4. The van der Waals surface area contributed by atoms with Crippen molar-refractivity contribution in [1.29, 1.82) is 0 Å². The summed E-state index contributed by atoms with van der Waals surface area (Å²) >= 11 is 0. The van der Waals surface area contributed by atoms with Gasteiger partial charge in [-0.05, 0) is 54.5 Å². The molecule has 0 fully saturated rings. The van der Waals surface area contributed by atoms with Gasteiger partial charge in [-0.1, -0.05) is 0 Å². The van der Waals surface area contributed by atoms with Crippen LogP contribution in [0.25, 0.3) is 11.0 Å². The van der Waals surface area contributed by atoms with Crippen LogP contribution < -0.4 is 4.90 Å². The lowest BCUT2D eigenvalue weighted by molar-refractivity contribution is 0.0429. The summed E-state index contributed by atoms with van der Waals surface area (Å²) in [7, 11) is 0. The minimum absolute atomic E-state index is 0.118. The largest absolute Gasteiger partial charge is 0.443 e. The second kappa shape index (κ2) is 6.34. The van der Waals surface area contributed by atoms with Crippen LogP contribution in [0.5, 0.6) is 0 Å². The predicted octanol–water partition coefficient (Wildman–Crippen LogP) is 3.94. The van der Waals surface area contributed by atoms with Crippen LogP contribution in [0.3, 0.4) is 0 Å². The minimum Gasteiger partial charge on any atom is -0.443 e. The molecule has 25 heavy (non-hydrogen) atoms. The molecule has 0 saturated heterocycles. The van der Waals surface area contributed by atoms with Gasteiger partial charge in [0.15, 0.2) is 5.82 Å². The van der Waals surface area contributed by atoms with Gasteiger partial charge in [0.05, 0.1) is 5.39 Å². The fraction of sp³-hybridized carbons (Fsp3) is 0.529. The number of nitrogens with one attached hydrogen (secondary N) is 1. The number of hydrogen-bond acceptors (Lipinski definition) is 6. The van der Waals surface area contributed by atoms with Crippen molar-refractivity contribution >= 4 is 29.0 Å². The van der Waals surface area contributed by atoms with E-state index >= 15 is 0 Å². The Balaban J connectivity index is 2.55. The summed E-state index contributed by atoms with van der Waals surface area (Å²) in [6.45, 7) is 12.0. The molecule has 0 aliphatic carbocycles. The van der Waals surface area contributed by atoms with E-state index in [1.54, 1.807) is 60.7 Å². The number of hydrogen-bond donors (Lipinski definition) is 1. The number of carbonyl (C=O) groups excluding carboxylic acids is 2. The number of aromatic nitrogens is 3. The van der Waals surface area contributed by atoms with Gasteiger partial charge in [-0.15, -0.1) is 0 Å².